The second kappa shape index (κ2) is 11.4. The van der Waals surface area contributed by atoms with E-state index in [0.717, 1.165) is 15.4 Å². The Labute approximate surface area is 198 Å². The van der Waals surface area contributed by atoms with Gasteiger partial charge < -0.3 is 15.4 Å². The molecule has 34 heavy (non-hydrogen) atoms. The molecule has 0 fully saturated rings. The fourth-order valence-electron chi connectivity index (χ4n) is 2.99. The number of benzene rings is 2. The zero-order chi connectivity index (χ0) is 24.6. The summed E-state index contributed by atoms with van der Waals surface area (Å²) in [6.07, 6.45) is 3.44. The van der Waals surface area contributed by atoms with Gasteiger partial charge in [-0.2, -0.15) is 4.31 Å². The Morgan fingerprint density at radius 2 is 1.71 bits per heavy atom. The molecule has 1 aromatic heterocycles. The lowest BCUT2D eigenvalue weighted by Crippen LogP contribution is -2.38. The summed E-state index contributed by atoms with van der Waals surface area (Å²) in [5.41, 5.74) is 2.29. The van der Waals surface area contributed by atoms with E-state index in [1.54, 1.807) is 24.5 Å². The van der Waals surface area contributed by atoms with Crippen molar-refractivity contribution in [3.63, 3.8) is 0 Å². The normalized spacial score (nSPS) is 11.1. The van der Waals surface area contributed by atoms with Crippen LogP contribution in [0.1, 0.15) is 18.1 Å². The maximum Gasteiger partial charge on any atom is 0.243 e. The Hall–Kier alpha value is -3.76. The minimum Gasteiger partial charge on any atom is -0.489 e. The number of aromatic nitrogens is 1. The quantitative estimate of drug-likeness (QED) is 0.459. The van der Waals surface area contributed by atoms with Crippen LogP contribution in [-0.2, 0) is 32.8 Å². The molecule has 2 aromatic carbocycles. The average Bonchev–Trinajstić information content (AvgIpc) is 2.82. The number of hydrogen-bond donors (Lipinski definition) is 2. The minimum atomic E-state index is -3.86. The molecule has 0 aliphatic rings. The largest absolute Gasteiger partial charge is 0.489 e. The molecular formula is C24H26N4O5S. The fraction of sp³-hybridized carbons (Fsp3) is 0.208. The molecule has 0 bridgehead atoms. The van der Waals surface area contributed by atoms with Crippen LogP contribution in [0.25, 0.3) is 0 Å². The number of sulfonamides is 1. The van der Waals surface area contributed by atoms with E-state index in [1.807, 2.05) is 24.3 Å². The van der Waals surface area contributed by atoms with Crippen LogP contribution in [0.2, 0.25) is 0 Å². The highest BCUT2D eigenvalue weighted by Crippen LogP contribution is 2.18. The molecule has 0 unspecified atom stereocenters. The van der Waals surface area contributed by atoms with Crippen LogP contribution in [0.5, 0.6) is 5.75 Å². The van der Waals surface area contributed by atoms with Gasteiger partial charge in [0.2, 0.25) is 21.8 Å². The van der Waals surface area contributed by atoms with Crippen LogP contribution in [-0.4, -0.2) is 43.1 Å². The number of likely N-dealkylation sites (N-methyl/N-ethyl adjacent to an activating group) is 1. The lowest BCUT2D eigenvalue weighted by atomic mass is 10.2. The van der Waals surface area contributed by atoms with Gasteiger partial charge in [-0.05, 0) is 48.0 Å². The molecule has 0 atom stereocenters. The van der Waals surface area contributed by atoms with E-state index in [1.165, 1.54) is 38.2 Å². The first-order chi connectivity index (χ1) is 16.2. The molecule has 0 radical (unpaired) electrons. The summed E-state index contributed by atoms with van der Waals surface area (Å²) in [6.45, 7) is 1.69. The molecule has 2 N–H and O–H groups in total. The monoisotopic (exact) mass is 482 g/mol. The third-order valence-electron chi connectivity index (χ3n) is 4.79. The van der Waals surface area contributed by atoms with Crippen LogP contribution in [0.4, 0.5) is 5.69 Å². The van der Waals surface area contributed by atoms with Crippen molar-refractivity contribution in [1.29, 1.82) is 0 Å². The Kier molecular flexibility index (Phi) is 8.34. The van der Waals surface area contributed by atoms with Crippen LogP contribution in [0, 0.1) is 0 Å². The zero-order valence-electron chi connectivity index (χ0n) is 18.9. The van der Waals surface area contributed by atoms with Crippen LogP contribution in [0.15, 0.2) is 78.0 Å². The average molecular weight is 483 g/mol. The standard InChI is InChI=1S/C24H26N4O5S/c1-18(29)27-21-7-11-23(12-8-21)34(31,32)28(2)16-24(30)26-15-19-5-9-22(10-6-19)33-17-20-4-3-13-25-14-20/h3-14H,15-17H2,1-2H3,(H,26,30)(H,27,29). The summed E-state index contributed by atoms with van der Waals surface area (Å²) in [5, 5.41) is 5.29. The van der Waals surface area contributed by atoms with Crippen LogP contribution >= 0.6 is 0 Å². The third-order valence-corrected chi connectivity index (χ3v) is 6.61. The maximum atomic E-state index is 12.7. The highest BCUT2D eigenvalue weighted by Gasteiger charge is 2.22. The number of amides is 2. The van der Waals surface area contributed by atoms with Gasteiger partial charge in [0.1, 0.15) is 12.4 Å². The summed E-state index contributed by atoms with van der Waals surface area (Å²) in [7, 11) is -2.52. The number of rotatable bonds is 10. The highest BCUT2D eigenvalue weighted by molar-refractivity contribution is 7.89. The van der Waals surface area contributed by atoms with E-state index in [9.17, 15) is 18.0 Å². The number of carbonyl (C=O) groups excluding carboxylic acids is 2. The molecular weight excluding hydrogens is 456 g/mol. The summed E-state index contributed by atoms with van der Waals surface area (Å²) < 4.78 is 32.1. The predicted molar refractivity (Wildman–Crippen MR) is 127 cm³/mol. The first-order valence-corrected chi connectivity index (χ1v) is 11.9. The maximum absolute atomic E-state index is 12.7. The summed E-state index contributed by atoms with van der Waals surface area (Å²) >= 11 is 0. The Morgan fingerprint density at radius 1 is 1.00 bits per heavy atom. The molecule has 2 amide bonds. The molecule has 0 saturated heterocycles. The Balaban J connectivity index is 1.48. The fourth-order valence-corrected chi connectivity index (χ4v) is 4.12. The summed E-state index contributed by atoms with van der Waals surface area (Å²) in [4.78, 5) is 27.5. The number of nitrogens with zero attached hydrogens (tertiary/aromatic N) is 2. The molecule has 0 aliphatic carbocycles. The molecule has 9 nitrogen and oxygen atoms in total. The molecule has 0 saturated carbocycles. The third kappa shape index (κ3) is 7.12. The van der Waals surface area contributed by atoms with Gasteiger partial charge in [0.25, 0.3) is 0 Å². The van der Waals surface area contributed by atoms with Crippen molar-refractivity contribution in [2.24, 2.45) is 0 Å². The first kappa shape index (κ1) is 24.9. The topological polar surface area (TPSA) is 118 Å². The number of ether oxygens (including phenoxy) is 1. The SMILES string of the molecule is CC(=O)Nc1ccc(S(=O)(=O)N(C)CC(=O)NCc2ccc(OCc3cccnc3)cc2)cc1. The number of hydrogen-bond acceptors (Lipinski definition) is 6. The molecule has 10 heteroatoms. The van der Waals surface area contributed by atoms with Crippen molar-refractivity contribution in [2.75, 3.05) is 18.9 Å². The van der Waals surface area contributed by atoms with Gasteiger partial charge in [0.05, 0.1) is 11.4 Å². The Morgan fingerprint density at radius 3 is 2.32 bits per heavy atom. The number of anilines is 1. The van der Waals surface area contributed by atoms with Gasteiger partial charge in [0.15, 0.2) is 0 Å². The van der Waals surface area contributed by atoms with E-state index in [2.05, 4.69) is 15.6 Å². The van der Waals surface area contributed by atoms with Gasteiger partial charge >= 0.3 is 0 Å². The van der Waals surface area contributed by atoms with Gasteiger partial charge in [-0.15, -0.1) is 0 Å². The number of nitrogens with one attached hydrogen (secondary N) is 2. The van der Waals surface area contributed by atoms with Crippen molar-refractivity contribution < 1.29 is 22.7 Å². The molecule has 1 heterocycles. The van der Waals surface area contributed by atoms with Crippen molar-refractivity contribution in [3.05, 3.63) is 84.2 Å². The Bertz CT molecular complexity index is 1210. The van der Waals surface area contributed by atoms with E-state index < -0.39 is 15.9 Å². The minimum absolute atomic E-state index is 0.0266. The van der Waals surface area contributed by atoms with E-state index in [-0.39, 0.29) is 23.9 Å². The second-order valence-electron chi connectivity index (χ2n) is 7.54. The van der Waals surface area contributed by atoms with E-state index in [4.69, 9.17) is 4.74 Å². The lowest BCUT2D eigenvalue weighted by molar-refractivity contribution is -0.121. The van der Waals surface area contributed by atoms with Crippen molar-refractivity contribution >= 4 is 27.5 Å². The van der Waals surface area contributed by atoms with Crippen LogP contribution in [0.3, 0.4) is 0 Å². The van der Waals surface area contributed by atoms with Gasteiger partial charge in [-0.25, -0.2) is 8.42 Å². The summed E-state index contributed by atoms with van der Waals surface area (Å²) in [5.74, 6) is 0.00317. The highest BCUT2D eigenvalue weighted by atomic mass is 32.2. The molecule has 0 spiro atoms. The van der Waals surface area contributed by atoms with Crippen molar-refractivity contribution in [2.45, 2.75) is 25.0 Å². The zero-order valence-corrected chi connectivity index (χ0v) is 19.7. The summed E-state index contributed by atoms with van der Waals surface area (Å²) in [6, 6.07) is 16.8. The number of carbonyl (C=O) groups is 2. The van der Waals surface area contributed by atoms with Crippen LogP contribution < -0.4 is 15.4 Å². The van der Waals surface area contributed by atoms with Crippen molar-refractivity contribution in [1.82, 2.24) is 14.6 Å². The molecule has 0 aliphatic heterocycles. The molecule has 3 rings (SSSR count). The number of pyridine rings is 1. The van der Waals surface area contributed by atoms with Crippen molar-refractivity contribution in [3.8, 4) is 5.75 Å². The van der Waals surface area contributed by atoms with E-state index in [0.29, 0.717) is 18.0 Å². The second-order valence-corrected chi connectivity index (χ2v) is 9.58. The predicted octanol–water partition coefficient (Wildman–Crippen LogP) is 2.56. The van der Waals surface area contributed by atoms with Gasteiger partial charge in [0, 0.05) is 44.2 Å². The first-order valence-electron chi connectivity index (χ1n) is 10.5. The molecule has 3 aromatic rings. The smallest absolute Gasteiger partial charge is 0.243 e. The van der Waals surface area contributed by atoms with Gasteiger partial charge in [-0.3, -0.25) is 14.6 Å². The molecule has 178 valence electrons. The van der Waals surface area contributed by atoms with E-state index >= 15 is 0 Å². The lowest BCUT2D eigenvalue weighted by Gasteiger charge is -2.17. The van der Waals surface area contributed by atoms with Gasteiger partial charge in [-0.1, -0.05) is 18.2 Å².